The van der Waals surface area contributed by atoms with Crippen molar-refractivity contribution in [3.8, 4) is 0 Å². The van der Waals surface area contributed by atoms with Crippen LogP contribution in [0.2, 0.25) is 0 Å². The predicted octanol–water partition coefficient (Wildman–Crippen LogP) is 2.88. The highest BCUT2D eigenvalue weighted by Crippen LogP contribution is 2.39. The normalized spacial score (nSPS) is 24.2. The van der Waals surface area contributed by atoms with Crippen molar-refractivity contribution in [3.63, 3.8) is 0 Å². The molecule has 3 rings (SSSR count). The summed E-state index contributed by atoms with van der Waals surface area (Å²) in [5.74, 6) is 1.41. The van der Waals surface area contributed by atoms with Gasteiger partial charge in [-0.1, -0.05) is 12.8 Å². The van der Waals surface area contributed by atoms with E-state index < -0.39 is 0 Å². The number of anilines is 1. The molecule has 1 aliphatic heterocycles. The van der Waals surface area contributed by atoms with E-state index in [0.717, 1.165) is 19.4 Å². The highest BCUT2D eigenvalue weighted by Gasteiger charge is 2.36. The van der Waals surface area contributed by atoms with Gasteiger partial charge in [0.05, 0.1) is 0 Å². The molecule has 1 atom stereocenters. The Morgan fingerprint density at radius 2 is 1.95 bits per heavy atom. The first kappa shape index (κ1) is 13.4. The molecule has 1 unspecified atom stereocenters. The average Bonchev–Trinajstić information content (AvgIpc) is 3.07. The monoisotopic (exact) mass is 278 g/mol. The second-order valence-electron chi connectivity index (χ2n) is 6.06. The zero-order valence-electron chi connectivity index (χ0n) is 12.0. The molecule has 0 N–H and O–H groups in total. The number of aryl methyl sites for hydroxylation is 1. The maximum Gasteiger partial charge on any atom is 0.406 e. The summed E-state index contributed by atoms with van der Waals surface area (Å²) in [5, 5.41) is 11.2. The number of hydrogen-bond donors (Lipinski definition) is 0. The number of nitro groups is 1. The highest BCUT2D eigenvalue weighted by molar-refractivity contribution is 5.55. The molecule has 0 bridgehead atoms. The number of imidazole rings is 1. The lowest BCUT2D eigenvalue weighted by atomic mass is 9.89. The lowest BCUT2D eigenvalue weighted by molar-refractivity contribution is -0.388. The number of piperidine rings is 1. The maximum atomic E-state index is 11.2. The quantitative estimate of drug-likeness (QED) is 0.630. The van der Waals surface area contributed by atoms with Gasteiger partial charge in [0.2, 0.25) is 12.1 Å². The van der Waals surface area contributed by atoms with Gasteiger partial charge in [-0.05, 0) is 47.9 Å². The van der Waals surface area contributed by atoms with Crippen molar-refractivity contribution in [3.05, 3.63) is 16.4 Å². The van der Waals surface area contributed by atoms with E-state index >= 15 is 0 Å². The fourth-order valence-corrected chi connectivity index (χ4v) is 3.92. The molecular weight excluding hydrogens is 256 g/mol. The van der Waals surface area contributed by atoms with E-state index in [0.29, 0.717) is 17.8 Å². The third kappa shape index (κ3) is 2.27. The molecule has 2 fully saturated rings. The van der Waals surface area contributed by atoms with Gasteiger partial charge in [0, 0.05) is 19.6 Å². The minimum absolute atomic E-state index is 0.0115. The van der Waals surface area contributed by atoms with Crippen molar-refractivity contribution >= 4 is 11.6 Å². The predicted molar refractivity (Wildman–Crippen MR) is 76.8 cm³/mol. The van der Waals surface area contributed by atoms with E-state index in [-0.39, 0.29) is 10.7 Å². The number of aromatic nitrogens is 2. The van der Waals surface area contributed by atoms with Gasteiger partial charge in [0.25, 0.3) is 0 Å². The van der Waals surface area contributed by atoms with E-state index in [2.05, 4.69) is 9.88 Å². The van der Waals surface area contributed by atoms with Crippen LogP contribution in [-0.4, -0.2) is 27.1 Å². The van der Waals surface area contributed by atoms with Crippen LogP contribution in [0, 0.1) is 16.0 Å². The molecule has 110 valence electrons. The van der Waals surface area contributed by atoms with Crippen molar-refractivity contribution in [2.24, 2.45) is 13.0 Å². The smallest absolute Gasteiger partial charge is 0.358 e. The zero-order valence-corrected chi connectivity index (χ0v) is 12.0. The minimum atomic E-state index is -0.352. The molecule has 1 saturated carbocycles. The van der Waals surface area contributed by atoms with Crippen molar-refractivity contribution in [2.45, 2.75) is 51.0 Å². The average molecular weight is 278 g/mol. The Morgan fingerprint density at radius 3 is 2.65 bits per heavy atom. The summed E-state index contributed by atoms with van der Waals surface area (Å²) in [7, 11) is 1.86. The van der Waals surface area contributed by atoms with Gasteiger partial charge in [-0.15, -0.1) is 0 Å². The molecule has 0 radical (unpaired) electrons. The first-order valence-electron chi connectivity index (χ1n) is 7.61. The van der Waals surface area contributed by atoms with Crippen LogP contribution in [0.4, 0.5) is 11.6 Å². The van der Waals surface area contributed by atoms with Crippen molar-refractivity contribution < 1.29 is 4.92 Å². The van der Waals surface area contributed by atoms with E-state index in [1.165, 1.54) is 32.1 Å². The van der Waals surface area contributed by atoms with E-state index in [9.17, 15) is 10.1 Å². The third-order valence-corrected chi connectivity index (χ3v) is 4.83. The van der Waals surface area contributed by atoms with Crippen LogP contribution >= 0.6 is 0 Å². The standard InChI is InChI=1S/C14H22N4O2/c1-16-10-15-13(18(19)20)14(16)17-9-5-4-8-12(17)11-6-2-3-7-11/h10-12H,2-9H2,1H3. The van der Waals surface area contributed by atoms with Crippen molar-refractivity contribution in [1.82, 2.24) is 9.55 Å². The number of hydrogen-bond acceptors (Lipinski definition) is 4. The minimum Gasteiger partial charge on any atom is -0.358 e. The summed E-state index contributed by atoms with van der Waals surface area (Å²) in [6.07, 6.45) is 10.2. The van der Waals surface area contributed by atoms with Crippen molar-refractivity contribution in [1.29, 1.82) is 0 Å². The third-order valence-electron chi connectivity index (χ3n) is 4.83. The molecule has 2 heterocycles. The van der Waals surface area contributed by atoms with Gasteiger partial charge < -0.3 is 15.0 Å². The first-order valence-corrected chi connectivity index (χ1v) is 7.61. The molecular formula is C14H22N4O2. The molecule has 6 nitrogen and oxygen atoms in total. The van der Waals surface area contributed by atoms with Crippen molar-refractivity contribution in [2.75, 3.05) is 11.4 Å². The first-order chi connectivity index (χ1) is 9.68. The van der Waals surface area contributed by atoms with Gasteiger partial charge in [0.1, 0.15) is 0 Å². The zero-order chi connectivity index (χ0) is 14.1. The Kier molecular flexibility index (Phi) is 3.63. The molecule has 1 saturated heterocycles. The van der Waals surface area contributed by atoms with Crippen LogP contribution < -0.4 is 4.90 Å². The number of nitrogens with zero attached hydrogens (tertiary/aromatic N) is 4. The van der Waals surface area contributed by atoms with Crippen LogP contribution in [0.25, 0.3) is 0 Å². The number of rotatable bonds is 3. The van der Waals surface area contributed by atoms with Gasteiger partial charge in [-0.25, -0.2) is 0 Å². The summed E-state index contributed by atoms with van der Waals surface area (Å²) >= 11 is 0. The molecule has 6 heteroatoms. The molecule has 1 aromatic rings. The SMILES string of the molecule is Cn1cnc([N+](=O)[O-])c1N1CCCCC1C1CCCC1. The van der Waals surface area contributed by atoms with Gasteiger partial charge in [-0.2, -0.15) is 0 Å². The molecule has 1 aliphatic carbocycles. The molecule has 2 aliphatic rings. The van der Waals surface area contributed by atoms with E-state index in [1.807, 2.05) is 11.6 Å². The lowest BCUT2D eigenvalue weighted by Gasteiger charge is -2.40. The fourth-order valence-electron chi connectivity index (χ4n) is 3.92. The Hall–Kier alpha value is -1.59. The molecule has 0 spiro atoms. The summed E-state index contributed by atoms with van der Waals surface area (Å²) in [4.78, 5) is 17.1. The second kappa shape index (κ2) is 5.42. The molecule has 0 aromatic carbocycles. The van der Waals surface area contributed by atoms with Crippen LogP contribution in [-0.2, 0) is 7.05 Å². The van der Waals surface area contributed by atoms with Crippen LogP contribution in [0.3, 0.4) is 0 Å². The van der Waals surface area contributed by atoms with Crippen LogP contribution in [0.1, 0.15) is 44.9 Å². The lowest BCUT2D eigenvalue weighted by Crippen LogP contribution is -2.44. The maximum absolute atomic E-state index is 11.2. The summed E-state index contributed by atoms with van der Waals surface area (Å²) in [5.41, 5.74) is 0. The molecule has 20 heavy (non-hydrogen) atoms. The van der Waals surface area contributed by atoms with E-state index in [1.54, 1.807) is 6.33 Å². The largest absolute Gasteiger partial charge is 0.406 e. The molecule has 1 aromatic heterocycles. The fraction of sp³-hybridized carbons (Fsp3) is 0.786. The Balaban J connectivity index is 1.93. The Bertz CT molecular complexity index is 493. The van der Waals surface area contributed by atoms with Gasteiger partial charge >= 0.3 is 5.82 Å². The van der Waals surface area contributed by atoms with Crippen LogP contribution in [0.5, 0.6) is 0 Å². The van der Waals surface area contributed by atoms with Crippen LogP contribution in [0.15, 0.2) is 6.33 Å². The Morgan fingerprint density at radius 1 is 1.25 bits per heavy atom. The van der Waals surface area contributed by atoms with E-state index in [4.69, 9.17) is 0 Å². The topological polar surface area (TPSA) is 64.2 Å². The summed E-state index contributed by atoms with van der Waals surface area (Å²) in [6, 6.07) is 0.459. The summed E-state index contributed by atoms with van der Waals surface area (Å²) < 4.78 is 1.81. The van der Waals surface area contributed by atoms with Gasteiger partial charge in [0.15, 0.2) is 0 Å². The second-order valence-corrected chi connectivity index (χ2v) is 6.06. The Labute approximate surface area is 118 Å². The summed E-state index contributed by atoms with van der Waals surface area (Å²) in [6.45, 7) is 0.918. The highest BCUT2D eigenvalue weighted by atomic mass is 16.6. The van der Waals surface area contributed by atoms with Gasteiger partial charge in [-0.3, -0.25) is 4.57 Å². The molecule has 0 amide bonds.